The van der Waals surface area contributed by atoms with E-state index in [1.165, 1.54) is 11.8 Å². The van der Waals surface area contributed by atoms with Crippen LogP contribution in [-0.4, -0.2) is 23.6 Å². The van der Waals surface area contributed by atoms with Crippen molar-refractivity contribution < 1.29 is 0 Å². The molecule has 0 aromatic heterocycles. The molecular formula is C8H21BrSi2. The van der Waals surface area contributed by atoms with Crippen molar-refractivity contribution in [3.8, 4) is 0 Å². The molecule has 0 aliphatic carbocycles. The first-order valence-corrected chi connectivity index (χ1v) is 11.1. The van der Waals surface area contributed by atoms with Gasteiger partial charge in [-0.1, -0.05) is 53.6 Å². The number of alkyl halides is 1. The Balaban J connectivity index is 2.80. The van der Waals surface area contributed by atoms with E-state index in [9.17, 15) is 0 Å². The average molecular weight is 253 g/mol. The predicted molar refractivity (Wildman–Crippen MR) is 64.9 cm³/mol. The van der Waals surface area contributed by atoms with Crippen LogP contribution in [0.4, 0.5) is 0 Å². The lowest BCUT2D eigenvalue weighted by molar-refractivity contribution is 1.02. The Morgan fingerprint density at radius 1 is 1.18 bits per heavy atom. The zero-order chi connectivity index (χ0) is 8.53. The molecule has 0 heterocycles. The zero-order valence-corrected chi connectivity index (χ0v) is 12.1. The molecule has 0 nitrogen and oxygen atoms in total. The van der Waals surface area contributed by atoms with E-state index in [1.807, 2.05) is 0 Å². The second kappa shape index (κ2) is 9.01. The first kappa shape index (κ1) is 11.9. The summed E-state index contributed by atoms with van der Waals surface area (Å²) in [6.45, 7) is 4.92. The van der Waals surface area contributed by atoms with Crippen LogP contribution in [0.2, 0.25) is 31.2 Å². The maximum Gasteiger partial charge on any atom is 0.0305 e. The zero-order valence-electron chi connectivity index (χ0n) is 7.91. The molecule has 0 aliphatic heterocycles. The molecule has 0 bridgehead atoms. The fourth-order valence-corrected chi connectivity index (χ4v) is 5.59. The standard InChI is InChI=1S/C8H21BrSi2/c1-11(2)8-4-7-10-6-3-5-9/h11H,3-8,10H2,1-2H3. The third-order valence-electron chi connectivity index (χ3n) is 1.92. The summed E-state index contributed by atoms with van der Waals surface area (Å²) in [6.07, 6.45) is 2.98. The summed E-state index contributed by atoms with van der Waals surface area (Å²) < 4.78 is 0. The van der Waals surface area contributed by atoms with Crippen molar-refractivity contribution in [2.75, 3.05) is 5.33 Å². The second-order valence-corrected chi connectivity index (χ2v) is 9.92. The highest BCUT2D eigenvalue weighted by molar-refractivity contribution is 9.09. The van der Waals surface area contributed by atoms with E-state index >= 15 is 0 Å². The lowest BCUT2D eigenvalue weighted by Gasteiger charge is -2.01. The minimum absolute atomic E-state index is 0.216. The van der Waals surface area contributed by atoms with E-state index in [0.29, 0.717) is 9.52 Å². The highest BCUT2D eigenvalue weighted by Crippen LogP contribution is 2.03. The van der Waals surface area contributed by atoms with Crippen LogP contribution in [0.5, 0.6) is 0 Å². The molecule has 0 rings (SSSR count). The van der Waals surface area contributed by atoms with Crippen molar-refractivity contribution in [1.82, 2.24) is 0 Å². The van der Waals surface area contributed by atoms with Gasteiger partial charge in [0.2, 0.25) is 0 Å². The first-order valence-electron chi connectivity index (χ1n) is 4.83. The van der Waals surface area contributed by atoms with Crippen molar-refractivity contribution in [3.05, 3.63) is 0 Å². The van der Waals surface area contributed by atoms with Crippen molar-refractivity contribution >= 4 is 34.2 Å². The van der Waals surface area contributed by atoms with Gasteiger partial charge in [-0.05, 0) is 6.42 Å². The van der Waals surface area contributed by atoms with Crippen LogP contribution in [-0.2, 0) is 0 Å². The molecule has 0 amide bonds. The summed E-state index contributed by atoms with van der Waals surface area (Å²) in [6, 6.07) is 4.75. The van der Waals surface area contributed by atoms with Gasteiger partial charge in [-0.15, -0.1) is 0 Å². The number of rotatable bonds is 7. The fraction of sp³-hybridized carbons (Fsp3) is 1.00. The summed E-state index contributed by atoms with van der Waals surface area (Å²) in [5.74, 6) is 0. The van der Waals surface area contributed by atoms with E-state index in [-0.39, 0.29) is 8.80 Å². The smallest absolute Gasteiger partial charge is 0.0305 e. The molecule has 0 spiro atoms. The van der Waals surface area contributed by atoms with Crippen molar-refractivity contribution in [1.29, 1.82) is 0 Å². The van der Waals surface area contributed by atoms with E-state index in [0.717, 1.165) is 0 Å². The molecule has 68 valence electrons. The minimum Gasteiger partial charge on any atom is -0.0928 e. The Hall–Kier alpha value is 0.914. The SMILES string of the molecule is C[SiH](C)CCC[SiH2]CCCBr. The van der Waals surface area contributed by atoms with E-state index in [1.54, 1.807) is 24.6 Å². The van der Waals surface area contributed by atoms with Crippen LogP contribution in [0.15, 0.2) is 0 Å². The largest absolute Gasteiger partial charge is 0.0928 e. The highest BCUT2D eigenvalue weighted by Gasteiger charge is 1.95. The predicted octanol–water partition coefficient (Wildman–Crippen LogP) is 2.65. The molecule has 0 fully saturated rings. The van der Waals surface area contributed by atoms with Crippen LogP contribution in [0.25, 0.3) is 0 Å². The normalized spacial score (nSPS) is 12.0. The van der Waals surface area contributed by atoms with Gasteiger partial charge in [0, 0.05) is 23.6 Å². The maximum atomic E-state index is 3.47. The Bertz CT molecular complexity index is 76.5. The third-order valence-corrected chi connectivity index (χ3v) is 6.04. The fourth-order valence-electron chi connectivity index (χ4n) is 1.18. The molecule has 0 unspecified atom stereocenters. The van der Waals surface area contributed by atoms with Gasteiger partial charge in [0.1, 0.15) is 0 Å². The van der Waals surface area contributed by atoms with E-state index in [2.05, 4.69) is 29.0 Å². The Labute approximate surface area is 83.7 Å². The summed E-state index contributed by atoms with van der Waals surface area (Å²) in [5.41, 5.74) is 0. The Kier molecular flexibility index (Phi) is 9.75. The maximum absolute atomic E-state index is 3.47. The molecule has 0 saturated heterocycles. The van der Waals surface area contributed by atoms with Gasteiger partial charge in [0.15, 0.2) is 0 Å². The van der Waals surface area contributed by atoms with Crippen LogP contribution in [0, 0.1) is 0 Å². The number of halogens is 1. The van der Waals surface area contributed by atoms with Gasteiger partial charge in [-0.3, -0.25) is 0 Å². The minimum atomic E-state index is -0.216. The van der Waals surface area contributed by atoms with Crippen molar-refractivity contribution in [3.63, 3.8) is 0 Å². The lowest BCUT2D eigenvalue weighted by atomic mass is 10.6. The molecule has 0 aromatic carbocycles. The molecule has 0 N–H and O–H groups in total. The van der Waals surface area contributed by atoms with Gasteiger partial charge < -0.3 is 0 Å². The summed E-state index contributed by atoms with van der Waals surface area (Å²) >= 11 is 3.47. The average Bonchev–Trinajstić information content (AvgIpc) is 1.96. The molecule has 3 heteroatoms. The highest BCUT2D eigenvalue weighted by atomic mass is 79.9. The van der Waals surface area contributed by atoms with Crippen LogP contribution < -0.4 is 0 Å². The van der Waals surface area contributed by atoms with Gasteiger partial charge >= 0.3 is 0 Å². The second-order valence-electron chi connectivity index (χ2n) is 3.64. The third kappa shape index (κ3) is 10.9. The van der Waals surface area contributed by atoms with E-state index < -0.39 is 0 Å². The van der Waals surface area contributed by atoms with Gasteiger partial charge in [-0.2, -0.15) is 0 Å². The van der Waals surface area contributed by atoms with Crippen LogP contribution in [0.1, 0.15) is 12.8 Å². The molecule has 0 aliphatic rings. The van der Waals surface area contributed by atoms with Crippen molar-refractivity contribution in [2.45, 2.75) is 44.1 Å². The molecule has 0 radical (unpaired) electrons. The topological polar surface area (TPSA) is 0 Å². The summed E-state index contributed by atoms with van der Waals surface area (Å²) in [5, 5.41) is 1.22. The van der Waals surface area contributed by atoms with Crippen LogP contribution in [0.3, 0.4) is 0 Å². The van der Waals surface area contributed by atoms with E-state index in [4.69, 9.17) is 0 Å². The summed E-state index contributed by atoms with van der Waals surface area (Å²) in [4.78, 5) is 0. The lowest BCUT2D eigenvalue weighted by Crippen LogP contribution is -1.99. The molecular weight excluding hydrogens is 232 g/mol. The van der Waals surface area contributed by atoms with Crippen LogP contribution >= 0.6 is 15.9 Å². The number of hydrogen-bond donors (Lipinski definition) is 0. The summed E-state index contributed by atoms with van der Waals surface area (Å²) in [7, 11) is 0.133. The monoisotopic (exact) mass is 252 g/mol. The molecule has 0 atom stereocenters. The van der Waals surface area contributed by atoms with Gasteiger partial charge in [0.25, 0.3) is 0 Å². The number of hydrogen-bond acceptors (Lipinski definition) is 0. The van der Waals surface area contributed by atoms with Gasteiger partial charge in [0.05, 0.1) is 0 Å². The quantitative estimate of drug-likeness (QED) is 0.372. The van der Waals surface area contributed by atoms with Gasteiger partial charge in [-0.25, -0.2) is 0 Å². The molecule has 0 aromatic rings. The Morgan fingerprint density at radius 2 is 1.82 bits per heavy atom. The Morgan fingerprint density at radius 3 is 2.36 bits per heavy atom. The molecule has 11 heavy (non-hydrogen) atoms. The van der Waals surface area contributed by atoms with Crippen molar-refractivity contribution in [2.24, 2.45) is 0 Å². The first-order chi connectivity index (χ1) is 5.27. The molecule has 0 saturated carbocycles.